The summed E-state index contributed by atoms with van der Waals surface area (Å²) in [6.45, 7) is 4.71. The van der Waals surface area contributed by atoms with Crippen molar-refractivity contribution in [3.8, 4) is 5.69 Å². The molecule has 1 aliphatic heterocycles. The molecule has 0 saturated carbocycles. The monoisotopic (exact) mass is 270 g/mol. The minimum absolute atomic E-state index is 0.524. The summed E-state index contributed by atoms with van der Waals surface area (Å²) >= 11 is 0. The van der Waals surface area contributed by atoms with Crippen LogP contribution in [0.5, 0.6) is 0 Å². The Labute approximate surface area is 120 Å². The number of hydrogen-bond donors (Lipinski definition) is 1. The molecular formula is C17H22N2O. The summed E-state index contributed by atoms with van der Waals surface area (Å²) in [5.74, 6) is 0. The van der Waals surface area contributed by atoms with Crippen LogP contribution in [0.2, 0.25) is 0 Å². The van der Waals surface area contributed by atoms with E-state index in [1.54, 1.807) is 0 Å². The predicted octanol–water partition coefficient (Wildman–Crippen LogP) is 2.82. The number of hydrogen-bond acceptors (Lipinski definition) is 2. The third kappa shape index (κ3) is 3.11. The summed E-state index contributed by atoms with van der Waals surface area (Å²) in [6, 6.07) is 12.7. The number of likely N-dealkylation sites (tertiary alicyclic amines) is 1. The molecule has 1 N–H and O–H groups in total. The average molecular weight is 270 g/mol. The first-order valence-corrected chi connectivity index (χ1v) is 7.29. The number of aromatic nitrogens is 1. The summed E-state index contributed by atoms with van der Waals surface area (Å²) < 4.78 is 2.11. The van der Waals surface area contributed by atoms with Gasteiger partial charge in [0.2, 0.25) is 0 Å². The molecule has 1 aliphatic rings. The molecule has 3 heteroatoms. The van der Waals surface area contributed by atoms with E-state index in [1.807, 2.05) is 19.1 Å². The fourth-order valence-corrected chi connectivity index (χ4v) is 3.00. The van der Waals surface area contributed by atoms with E-state index in [2.05, 4.69) is 46.1 Å². The van der Waals surface area contributed by atoms with E-state index in [0.717, 1.165) is 32.5 Å². The SMILES string of the molecule is CC1(O)CCCN(Cc2ccc(-n3cccc3)cc2)C1. The van der Waals surface area contributed by atoms with E-state index in [9.17, 15) is 5.11 Å². The van der Waals surface area contributed by atoms with Crippen LogP contribution in [0.15, 0.2) is 48.8 Å². The molecule has 0 spiro atoms. The Balaban J connectivity index is 1.66. The van der Waals surface area contributed by atoms with Gasteiger partial charge in [0.1, 0.15) is 0 Å². The van der Waals surface area contributed by atoms with Crippen LogP contribution < -0.4 is 0 Å². The largest absolute Gasteiger partial charge is 0.389 e. The zero-order valence-corrected chi connectivity index (χ0v) is 12.0. The first-order valence-electron chi connectivity index (χ1n) is 7.29. The van der Waals surface area contributed by atoms with Crippen molar-refractivity contribution in [2.45, 2.75) is 31.9 Å². The van der Waals surface area contributed by atoms with Crippen molar-refractivity contribution in [1.29, 1.82) is 0 Å². The maximum Gasteiger partial charge on any atom is 0.0746 e. The van der Waals surface area contributed by atoms with Gasteiger partial charge in [-0.3, -0.25) is 4.90 Å². The van der Waals surface area contributed by atoms with E-state index >= 15 is 0 Å². The van der Waals surface area contributed by atoms with Gasteiger partial charge in [0.25, 0.3) is 0 Å². The van der Waals surface area contributed by atoms with Crippen LogP contribution in [0.3, 0.4) is 0 Å². The molecule has 1 saturated heterocycles. The lowest BCUT2D eigenvalue weighted by molar-refractivity contribution is -0.0181. The van der Waals surface area contributed by atoms with Gasteiger partial charge in [0, 0.05) is 31.2 Å². The second-order valence-electron chi connectivity index (χ2n) is 6.07. The summed E-state index contributed by atoms with van der Waals surface area (Å²) in [5, 5.41) is 10.1. The second-order valence-corrected chi connectivity index (χ2v) is 6.07. The highest BCUT2D eigenvalue weighted by Gasteiger charge is 2.27. The predicted molar refractivity (Wildman–Crippen MR) is 80.9 cm³/mol. The zero-order chi connectivity index (χ0) is 14.0. The molecule has 3 rings (SSSR count). The number of nitrogens with zero attached hydrogens (tertiary/aromatic N) is 2. The van der Waals surface area contributed by atoms with Crippen molar-refractivity contribution < 1.29 is 5.11 Å². The van der Waals surface area contributed by atoms with Crippen LogP contribution in [0.1, 0.15) is 25.3 Å². The van der Waals surface area contributed by atoms with Crippen LogP contribution in [-0.2, 0) is 6.54 Å². The molecular weight excluding hydrogens is 248 g/mol. The molecule has 0 radical (unpaired) electrons. The highest BCUT2D eigenvalue weighted by molar-refractivity contribution is 5.35. The maximum atomic E-state index is 10.1. The molecule has 1 atom stereocenters. The fourth-order valence-electron chi connectivity index (χ4n) is 3.00. The van der Waals surface area contributed by atoms with Crippen LogP contribution in [-0.4, -0.2) is 33.3 Å². The molecule has 2 aromatic rings. The van der Waals surface area contributed by atoms with Crippen LogP contribution >= 0.6 is 0 Å². The Morgan fingerprint density at radius 2 is 1.85 bits per heavy atom. The first-order chi connectivity index (χ1) is 9.62. The number of β-amino-alcohol motifs (C(OH)–C–C–N with tert-alkyl or cyclic N) is 1. The third-order valence-electron chi connectivity index (χ3n) is 4.00. The molecule has 0 amide bonds. The van der Waals surface area contributed by atoms with Crippen molar-refractivity contribution in [3.05, 3.63) is 54.4 Å². The number of piperidine rings is 1. The van der Waals surface area contributed by atoms with Crippen molar-refractivity contribution in [3.63, 3.8) is 0 Å². The van der Waals surface area contributed by atoms with Crippen molar-refractivity contribution in [2.75, 3.05) is 13.1 Å². The summed E-state index contributed by atoms with van der Waals surface area (Å²) in [4.78, 5) is 2.34. The normalized spacial score (nSPS) is 23.9. The number of rotatable bonds is 3. The minimum Gasteiger partial charge on any atom is -0.389 e. The van der Waals surface area contributed by atoms with Crippen molar-refractivity contribution in [2.24, 2.45) is 0 Å². The van der Waals surface area contributed by atoms with Gasteiger partial charge >= 0.3 is 0 Å². The van der Waals surface area contributed by atoms with E-state index < -0.39 is 5.60 Å². The lowest BCUT2D eigenvalue weighted by atomic mass is 9.95. The summed E-state index contributed by atoms with van der Waals surface area (Å²) in [6.07, 6.45) is 6.10. The highest BCUT2D eigenvalue weighted by Crippen LogP contribution is 2.22. The Hall–Kier alpha value is -1.58. The smallest absolute Gasteiger partial charge is 0.0746 e. The van der Waals surface area contributed by atoms with Gasteiger partial charge in [-0.25, -0.2) is 0 Å². The molecule has 2 heterocycles. The van der Waals surface area contributed by atoms with Crippen LogP contribution in [0.4, 0.5) is 0 Å². The van der Waals surface area contributed by atoms with Gasteiger partial charge in [0.05, 0.1) is 5.60 Å². The maximum absolute atomic E-state index is 10.1. The van der Waals surface area contributed by atoms with Gasteiger partial charge in [-0.15, -0.1) is 0 Å². The standard InChI is InChI=1S/C17H22N2O/c1-17(20)9-4-10-18(14-17)13-15-5-7-16(8-6-15)19-11-2-3-12-19/h2-3,5-8,11-12,20H,4,9-10,13-14H2,1H3. The fraction of sp³-hybridized carbons (Fsp3) is 0.412. The lowest BCUT2D eigenvalue weighted by Gasteiger charge is -2.36. The Kier molecular flexibility index (Phi) is 3.64. The average Bonchev–Trinajstić information content (AvgIpc) is 2.92. The van der Waals surface area contributed by atoms with Crippen LogP contribution in [0, 0.1) is 0 Å². The molecule has 1 aromatic carbocycles. The van der Waals surface area contributed by atoms with Gasteiger partial charge in [-0.1, -0.05) is 12.1 Å². The molecule has 3 nitrogen and oxygen atoms in total. The quantitative estimate of drug-likeness (QED) is 0.929. The molecule has 1 unspecified atom stereocenters. The summed E-state index contributed by atoms with van der Waals surface area (Å²) in [5.41, 5.74) is 1.96. The van der Waals surface area contributed by atoms with Gasteiger partial charge in [0.15, 0.2) is 0 Å². The Morgan fingerprint density at radius 3 is 2.50 bits per heavy atom. The van der Waals surface area contributed by atoms with Gasteiger partial charge in [-0.2, -0.15) is 0 Å². The first kappa shape index (κ1) is 13.4. The topological polar surface area (TPSA) is 28.4 Å². The van der Waals surface area contributed by atoms with Gasteiger partial charge < -0.3 is 9.67 Å². The molecule has 106 valence electrons. The zero-order valence-electron chi connectivity index (χ0n) is 12.0. The van der Waals surface area contributed by atoms with Crippen molar-refractivity contribution in [1.82, 2.24) is 9.47 Å². The number of benzene rings is 1. The highest BCUT2D eigenvalue weighted by atomic mass is 16.3. The Bertz CT molecular complexity index is 543. The second kappa shape index (κ2) is 5.43. The van der Waals surface area contributed by atoms with E-state index in [1.165, 1.54) is 11.3 Å². The third-order valence-corrected chi connectivity index (χ3v) is 4.00. The van der Waals surface area contributed by atoms with Gasteiger partial charge in [-0.05, 0) is 56.1 Å². The molecule has 20 heavy (non-hydrogen) atoms. The van der Waals surface area contributed by atoms with Crippen LogP contribution in [0.25, 0.3) is 5.69 Å². The Morgan fingerprint density at radius 1 is 1.15 bits per heavy atom. The lowest BCUT2D eigenvalue weighted by Crippen LogP contribution is -2.45. The molecule has 1 aromatic heterocycles. The molecule has 0 bridgehead atoms. The van der Waals surface area contributed by atoms with E-state index in [4.69, 9.17) is 0 Å². The van der Waals surface area contributed by atoms with E-state index in [-0.39, 0.29) is 0 Å². The summed E-state index contributed by atoms with van der Waals surface area (Å²) in [7, 11) is 0. The molecule has 1 fully saturated rings. The van der Waals surface area contributed by atoms with E-state index in [0.29, 0.717) is 0 Å². The van der Waals surface area contributed by atoms with Crippen molar-refractivity contribution >= 4 is 0 Å². The minimum atomic E-state index is -0.524. The number of aliphatic hydroxyl groups is 1. The molecule has 0 aliphatic carbocycles.